The summed E-state index contributed by atoms with van der Waals surface area (Å²) < 4.78 is 0. The van der Waals surface area contributed by atoms with Gasteiger partial charge in [0.15, 0.2) is 0 Å². The molecule has 2 heterocycles. The zero-order valence-electron chi connectivity index (χ0n) is 8.43. The van der Waals surface area contributed by atoms with Gasteiger partial charge in [-0.05, 0) is 12.1 Å². The zero-order valence-corrected chi connectivity index (χ0v) is 10.1. The van der Waals surface area contributed by atoms with Gasteiger partial charge in [0.1, 0.15) is 0 Å². The smallest absolute Gasteiger partial charge is 0.0675 e. The Bertz CT molecular complexity index is 178. The van der Waals surface area contributed by atoms with Crippen LogP contribution < -0.4 is 16.4 Å². The monoisotopic (exact) mass is 252 g/mol. The molecule has 0 radical (unpaired) electrons. The third-order valence-corrected chi connectivity index (χ3v) is 1.64. The molecule has 0 saturated carbocycles. The van der Waals surface area contributed by atoms with Crippen molar-refractivity contribution < 1.29 is 0 Å². The van der Waals surface area contributed by atoms with Crippen LogP contribution in [-0.4, -0.2) is 30.8 Å². The molecule has 88 valence electrons. The summed E-state index contributed by atoms with van der Waals surface area (Å²) in [6.07, 6.45) is 3.67. The Hall–Kier alpha value is -0.390. The van der Waals surface area contributed by atoms with E-state index >= 15 is 0 Å². The minimum absolute atomic E-state index is 0. The number of pyridine rings is 1. The number of piperazine rings is 1. The fourth-order valence-electron chi connectivity index (χ4n) is 0.988. The molecule has 2 rings (SSSR count). The summed E-state index contributed by atoms with van der Waals surface area (Å²) in [6, 6.07) is 5.72. The number of nitrogens with two attached hydrogens (primary N) is 1. The molecule has 15 heavy (non-hydrogen) atoms. The van der Waals surface area contributed by atoms with Crippen LogP contribution >= 0.6 is 24.8 Å². The first-order valence-corrected chi connectivity index (χ1v) is 4.44. The van der Waals surface area contributed by atoms with Crippen molar-refractivity contribution in [1.29, 1.82) is 0 Å². The quantitative estimate of drug-likeness (QED) is 0.626. The van der Waals surface area contributed by atoms with Crippen LogP contribution in [0.5, 0.6) is 0 Å². The van der Waals surface area contributed by atoms with E-state index in [0.29, 0.717) is 0 Å². The van der Waals surface area contributed by atoms with Crippen molar-refractivity contribution >= 4 is 24.8 Å². The molecule has 1 saturated heterocycles. The maximum absolute atomic E-state index is 5.46. The molecule has 6 heteroatoms. The Labute approximate surface area is 103 Å². The second-order valence-electron chi connectivity index (χ2n) is 2.79. The van der Waals surface area contributed by atoms with E-state index < -0.39 is 0 Å². The third-order valence-electron chi connectivity index (χ3n) is 1.64. The molecule has 0 bridgehead atoms. The minimum atomic E-state index is 0. The van der Waals surface area contributed by atoms with Crippen molar-refractivity contribution in [3.8, 4) is 0 Å². The average Bonchev–Trinajstić information content (AvgIpc) is 2.22. The van der Waals surface area contributed by atoms with Gasteiger partial charge in [0.05, 0.1) is 6.17 Å². The first-order chi connectivity index (χ1) is 6.39. The van der Waals surface area contributed by atoms with Crippen molar-refractivity contribution in [2.75, 3.05) is 19.6 Å². The van der Waals surface area contributed by atoms with Gasteiger partial charge in [-0.25, -0.2) is 0 Å². The van der Waals surface area contributed by atoms with E-state index in [1.807, 2.05) is 18.2 Å². The van der Waals surface area contributed by atoms with E-state index in [9.17, 15) is 0 Å². The van der Waals surface area contributed by atoms with Gasteiger partial charge >= 0.3 is 0 Å². The molecular weight excluding hydrogens is 235 g/mol. The molecule has 1 fully saturated rings. The topological polar surface area (TPSA) is 63.0 Å². The Kier molecular flexibility index (Phi) is 13.3. The lowest BCUT2D eigenvalue weighted by Gasteiger charge is -2.19. The number of aromatic nitrogens is 1. The Balaban J connectivity index is 0. The predicted molar refractivity (Wildman–Crippen MR) is 67.6 cm³/mol. The van der Waals surface area contributed by atoms with Gasteiger partial charge in [0.25, 0.3) is 0 Å². The van der Waals surface area contributed by atoms with Crippen LogP contribution in [0.3, 0.4) is 0 Å². The van der Waals surface area contributed by atoms with Gasteiger partial charge in [-0.15, -0.1) is 24.8 Å². The van der Waals surface area contributed by atoms with E-state index in [1.165, 1.54) is 0 Å². The van der Waals surface area contributed by atoms with Crippen LogP contribution in [0.25, 0.3) is 0 Å². The maximum atomic E-state index is 5.46. The molecule has 1 aromatic rings. The molecule has 4 N–H and O–H groups in total. The summed E-state index contributed by atoms with van der Waals surface area (Å²) in [5, 5.41) is 6.24. The van der Waals surface area contributed by atoms with Crippen LogP contribution in [-0.2, 0) is 0 Å². The summed E-state index contributed by atoms with van der Waals surface area (Å²) in [6.45, 7) is 2.95. The Morgan fingerprint density at radius 1 is 1.07 bits per heavy atom. The molecule has 0 amide bonds. The van der Waals surface area contributed by atoms with E-state index in [-0.39, 0.29) is 31.0 Å². The lowest BCUT2D eigenvalue weighted by Crippen LogP contribution is -2.53. The van der Waals surface area contributed by atoms with Gasteiger partial charge in [-0.3, -0.25) is 10.3 Å². The van der Waals surface area contributed by atoms with Crippen molar-refractivity contribution in [2.24, 2.45) is 5.73 Å². The van der Waals surface area contributed by atoms with E-state index in [2.05, 4.69) is 15.6 Å². The summed E-state index contributed by atoms with van der Waals surface area (Å²) in [5.41, 5.74) is 5.46. The standard InChI is InChI=1S/C5H5N.C4H11N3.2ClH/c1-2-4-6-5-3-1;5-4-3-6-1-2-7-4;;/h1-5H;4,6-7H,1-3,5H2;2*1H/t;4-;;/m.0../s1. The number of rotatable bonds is 0. The highest BCUT2D eigenvalue weighted by molar-refractivity contribution is 5.85. The molecule has 1 aromatic heterocycles. The molecule has 0 spiro atoms. The van der Waals surface area contributed by atoms with Gasteiger partial charge in [-0.1, -0.05) is 6.07 Å². The van der Waals surface area contributed by atoms with E-state index in [0.717, 1.165) is 19.6 Å². The highest BCUT2D eigenvalue weighted by Gasteiger charge is 2.03. The van der Waals surface area contributed by atoms with Crippen LogP contribution in [0.15, 0.2) is 30.6 Å². The molecule has 4 nitrogen and oxygen atoms in total. The molecule has 1 aliphatic heterocycles. The van der Waals surface area contributed by atoms with Crippen LogP contribution in [0.2, 0.25) is 0 Å². The highest BCUT2D eigenvalue weighted by Crippen LogP contribution is 1.74. The van der Waals surface area contributed by atoms with Gasteiger partial charge in [0.2, 0.25) is 0 Å². The lowest BCUT2D eigenvalue weighted by atomic mass is 10.4. The van der Waals surface area contributed by atoms with Crippen LogP contribution in [0, 0.1) is 0 Å². The molecular formula is C9H18Cl2N4. The van der Waals surface area contributed by atoms with Gasteiger partial charge < -0.3 is 11.1 Å². The number of nitrogens with one attached hydrogen (secondary N) is 2. The summed E-state index contributed by atoms with van der Waals surface area (Å²) in [5.74, 6) is 0. The number of halogens is 2. The van der Waals surface area contributed by atoms with Crippen LogP contribution in [0.1, 0.15) is 0 Å². The number of hydrogen-bond donors (Lipinski definition) is 3. The average molecular weight is 253 g/mol. The maximum Gasteiger partial charge on any atom is 0.0675 e. The zero-order chi connectivity index (χ0) is 9.36. The lowest BCUT2D eigenvalue weighted by molar-refractivity contribution is 0.428. The molecule has 0 aromatic carbocycles. The normalized spacial score (nSPS) is 18.6. The highest BCUT2D eigenvalue weighted by atomic mass is 35.5. The second-order valence-corrected chi connectivity index (χ2v) is 2.79. The predicted octanol–water partition coefficient (Wildman–Crippen LogP) is 0.389. The fraction of sp³-hybridized carbons (Fsp3) is 0.444. The number of nitrogens with zero attached hydrogens (tertiary/aromatic N) is 1. The SMILES string of the molecule is Cl.Cl.N[C@@H]1CNCCN1.c1ccncc1. The summed E-state index contributed by atoms with van der Waals surface area (Å²) in [4.78, 5) is 3.78. The van der Waals surface area contributed by atoms with Crippen molar-refractivity contribution in [2.45, 2.75) is 6.17 Å². The van der Waals surface area contributed by atoms with Crippen LogP contribution in [0.4, 0.5) is 0 Å². The van der Waals surface area contributed by atoms with E-state index in [4.69, 9.17) is 5.73 Å². The fourth-order valence-corrected chi connectivity index (χ4v) is 0.988. The van der Waals surface area contributed by atoms with E-state index in [1.54, 1.807) is 12.4 Å². The summed E-state index contributed by atoms with van der Waals surface area (Å²) >= 11 is 0. The first-order valence-electron chi connectivity index (χ1n) is 4.44. The largest absolute Gasteiger partial charge is 0.315 e. The molecule has 0 unspecified atom stereocenters. The van der Waals surface area contributed by atoms with Gasteiger partial charge in [0, 0.05) is 32.0 Å². The minimum Gasteiger partial charge on any atom is -0.315 e. The van der Waals surface area contributed by atoms with Crippen molar-refractivity contribution in [3.63, 3.8) is 0 Å². The second kappa shape index (κ2) is 11.7. The third kappa shape index (κ3) is 9.90. The first kappa shape index (κ1) is 17.0. The molecule has 1 atom stereocenters. The Morgan fingerprint density at radius 3 is 1.93 bits per heavy atom. The molecule has 0 aliphatic carbocycles. The molecule has 1 aliphatic rings. The van der Waals surface area contributed by atoms with Gasteiger partial charge in [-0.2, -0.15) is 0 Å². The number of hydrogen-bond acceptors (Lipinski definition) is 4. The summed E-state index contributed by atoms with van der Waals surface area (Å²) in [7, 11) is 0. The Morgan fingerprint density at radius 2 is 1.73 bits per heavy atom. The van der Waals surface area contributed by atoms with Crippen molar-refractivity contribution in [1.82, 2.24) is 15.6 Å². The van der Waals surface area contributed by atoms with Crippen molar-refractivity contribution in [3.05, 3.63) is 30.6 Å².